The molecular weight excluding hydrogens is 206 g/mol. The Hall–Kier alpha value is -2.10. The number of rotatable bonds is 2. The van der Waals surface area contributed by atoms with Gasteiger partial charge in [-0.15, -0.1) is 0 Å². The van der Waals surface area contributed by atoms with Gasteiger partial charge in [-0.25, -0.2) is 4.79 Å². The molecule has 1 aromatic carbocycles. The summed E-state index contributed by atoms with van der Waals surface area (Å²) >= 11 is 0. The van der Waals surface area contributed by atoms with Crippen LogP contribution in [0.25, 0.3) is 10.8 Å². The molecule has 1 atom stereocenters. The monoisotopic (exact) mass is 217 g/mol. The fraction of sp³-hybridized carbons (Fsp3) is 0.167. The number of benzene rings is 1. The zero-order chi connectivity index (χ0) is 11.7. The van der Waals surface area contributed by atoms with Gasteiger partial charge in [0.2, 0.25) is 0 Å². The van der Waals surface area contributed by atoms with Crippen LogP contribution in [0, 0.1) is 0 Å². The van der Waals surface area contributed by atoms with E-state index in [-0.39, 0.29) is 5.56 Å². The highest BCUT2D eigenvalue weighted by atomic mass is 16.4. The van der Waals surface area contributed by atoms with Crippen molar-refractivity contribution < 1.29 is 9.90 Å². The second-order valence-electron chi connectivity index (χ2n) is 3.63. The van der Waals surface area contributed by atoms with Crippen LogP contribution in [0.15, 0.2) is 41.3 Å². The second-order valence-corrected chi connectivity index (χ2v) is 3.63. The van der Waals surface area contributed by atoms with Gasteiger partial charge >= 0.3 is 5.97 Å². The van der Waals surface area contributed by atoms with Crippen LogP contribution in [0.1, 0.15) is 13.0 Å². The third-order valence-corrected chi connectivity index (χ3v) is 2.62. The maximum Gasteiger partial charge on any atom is 0.326 e. The minimum atomic E-state index is -1.02. The van der Waals surface area contributed by atoms with Crippen molar-refractivity contribution in [1.29, 1.82) is 0 Å². The van der Waals surface area contributed by atoms with Crippen molar-refractivity contribution in [2.45, 2.75) is 13.0 Å². The van der Waals surface area contributed by atoms with Crippen molar-refractivity contribution in [3.05, 3.63) is 46.9 Å². The molecule has 1 heterocycles. The Morgan fingerprint density at radius 3 is 2.69 bits per heavy atom. The van der Waals surface area contributed by atoms with Crippen LogP contribution in [0.4, 0.5) is 0 Å². The van der Waals surface area contributed by atoms with E-state index in [2.05, 4.69) is 0 Å². The highest BCUT2D eigenvalue weighted by molar-refractivity contribution is 5.81. The molecule has 16 heavy (non-hydrogen) atoms. The number of fused-ring (bicyclic) bond motifs is 1. The van der Waals surface area contributed by atoms with E-state index in [1.807, 2.05) is 12.1 Å². The molecule has 4 heteroatoms. The van der Waals surface area contributed by atoms with E-state index in [1.54, 1.807) is 18.2 Å². The number of aliphatic carboxylic acids is 1. The summed E-state index contributed by atoms with van der Waals surface area (Å²) in [5.74, 6) is -1.02. The van der Waals surface area contributed by atoms with E-state index in [0.29, 0.717) is 5.39 Å². The standard InChI is InChI=1S/C12H11NO3/c1-8(12(15)16)13-7-6-9-4-2-3-5-10(9)11(13)14/h2-8H,1H3,(H,15,16)/t8-/m1/s1. The molecule has 0 radical (unpaired) electrons. The number of nitrogens with zero attached hydrogens (tertiary/aromatic N) is 1. The van der Waals surface area contributed by atoms with Crippen LogP contribution in [0.2, 0.25) is 0 Å². The predicted molar refractivity (Wildman–Crippen MR) is 60.6 cm³/mol. The summed E-state index contributed by atoms with van der Waals surface area (Å²) in [6.45, 7) is 1.48. The minimum absolute atomic E-state index is 0.270. The molecule has 2 aromatic rings. The van der Waals surface area contributed by atoms with Crippen molar-refractivity contribution in [1.82, 2.24) is 4.57 Å². The van der Waals surface area contributed by atoms with E-state index in [4.69, 9.17) is 5.11 Å². The topological polar surface area (TPSA) is 59.3 Å². The Balaban J connectivity index is 2.70. The number of aromatic nitrogens is 1. The van der Waals surface area contributed by atoms with Crippen LogP contribution < -0.4 is 5.56 Å². The van der Waals surface area contributed by atoms with Crippen molar-refractivity contribution >= 4 is 16.7 Å². The van der Waals surface area contributed by atoms with Crippen molar-refractivity contribution in [2.24, 2.45) is 0 Å². The number of hydrogen-bond acceptors (Lipinski definition) is 2. The highest BCUT2D eigenvalue weighted by Gasteiger charge is 2.14. The van der Waals surface area contributed by atoms with Crippen molar-refractivity contribution in [2.75, 3.05) is 0 Å². The first-order valence-electron chi connectivity index (χ1n) is 4.94. The Morgan fingerprint density at radius 1 is 1.31 bits per heavy atom. The molecule has 0 aliphatic heterocycles. The Bertz CT molecular complexity index is 600. The first-order chi connectivity index (χ1) is 7.61. The van der Waals surface area contributed by atoms with E-state index in [1.165, 1.54) is 17.7 Å². The third kappa shape index (κ3) is 1.58. The zero-order valence-corrected chi connectivity index (χ0v) is 8.75. The summed E-state index contributed by atoms with van der Waals surface area (Å²) < 4.78 is 1.23. The molecule has 2 rings (SSSR count). The van der Waals surface area contributed by atoms with Gasteiger partial charge in [-0.1, -0.05) is 18.2 Å². The number of carbonyl (C=O) groups is 1. The first kappa shape index (κ1) is 10.4. The van der Waals surface area contributed by atoms with Crippen molar-refractivity contribution in [3.8, 4) is 0 Å². The molecule has 0 saturated carbocycles. The first-order valence-corrected chi connectivity index (χ1v) is 4.94. The Morgan fingerprint density at radius 2 is 2.00 bits per heavy atom. The quantitative estimate of drug-likeness (QED) is 0.832. The van der Waals surface area contributed by atoms with Gasteiger partial charge < -0.3 is 9.67 Å². The third-order valence-electron chi connectivity index (χ3n) is 2.62. The minimum Gasteiger partial charge on any atom is -0.480 e. The lowest BCUT2D eigenvalue weighted by atomic mass is 10.1. The van der Waals surface area contributed by atoms with Gasteiger partial charge in [-0.2, -0.15) is 0 Å². The van der Waals surface area contributed by atoms with Gasteiger partial charge in [-0.05, 0) is 24.4 Å². The highest BCUT2D eigenvalue weighted by Crippen LogP contribution is 2.10. The van der Waals surface area contributed by atoms with E-state index in [9.17, 15) is 9.59 Å². The molecule has 0 bridgehead atoms. The fourth-order valence-electron chi connectivity index (χ4n) is 1.63. The fourth-order valence-corrected chi connectivity index (χ4v) is 1.63. The molecule has 82 valence electrons. The summed E-state index contributed by atoms with van der Waals surface area (Å²) in [6, 6.07) is 8.02. The summed E-state index contributed by atoms with van der Waals surface area (Å²) in [7, 11) is 0. The van der Waals surface area contributed by atoms with Crippen molar-refractivity contribution in [3.63, 3.8) is 0 Å². The van der Waals surface area contributed by atoms with Gasteiger partial charge in [0.1, 0.15) is 6.04 Å². The Labute approximate surface area is 91.8 Å². The molecule has 1 aromatic heterocycles. The number of hydrogen-bond donors (Lipinski definition) is 1. The van der Waals surface area contributed by atoms with Gasteiger partial charge in [-0.3, -0.25) is 4.79 Å². The Kier molecular flexibility index (Phi) is 2.48. The van der Waals surface area contributed by atoms with Crippen LogP contribution in [0.3, 0.4) is 0 Å². The summed E-state index contributed by atoms with van der Waals surface area (Å²) in [4.78, 5) is 22.8. The van der Waals surface area contributed by atoms with Crippen LogP contribution in [-0.4, -0.2) is 15.6 Å². The zero-order valence-electron chi connectivity index (χ0n) is 8.75. The summed E-state index contributed by atoms with van der Waals surface area (Å²) in [5, 5.41) is 10.2. The number of pyridine rings is 1. The summed E-state index contributed by atoms with van der Waals surface area (Å²) in [5.41, 5.74) is -0.270. The molecule has 0 amide bonds. The lowest BCUT2D eigenvalue weighted by Gasteiger charge is -2.10. The average Bonchev–Trinajstić information content (AvgIpc) is 2.29. The molecule has 0 aliphatic rings. The molecule has 1 N–H and O–H groups in total. The van der Waals surface area contributed by atoms with E-state index in [0.717, 1.165) is 5.39 Å². The average molecular weight is 217 g/mol. The maximum absolute atomic E-state index is 12.0. The molecule has 0 aliphatic carbocycles. The van der Waals surface area contributed by atoms with Gasteiger partial charge in [0, 0.05) is 11.6 Å². The van der Waals surface area contributed by atoms with E-state index >= 15 is 0 Å². The predicted octanol–water partition coefficient (Wildman–Crippen LogP) is 1.65. The molecule has 0 unspecified atom stereocenters. The largest absolute Gasteiger partial charge is 0.480 e. The number of carboxylic acid groups (broad SMARTS) is 1. The maximum atomic E-state index is 12.0. The van der Waals surface area contributed by atoms with Crippen LogP contribution in [0.5, 0.6) is 0 Å². The van der Waals surface area contributed by atoms with Crippen LogP contribution in [-0.2, 0) is 4.79 Å². The second kappa shape index (κ2) is 3.81. The van der Waals surface area contributed by atoms with Crippen LogP contribution >= 0.6 is 0 Å². The molecule has 0 fully saturated rings. The molecule has 0 spiro atoms. The molecular formula is C12H11NO3. The van der Waals surface area contributed by atoms with E-state index < -0.39 is 12.0 Å². The van der Waals surface area contributed by atoms with Gasteiger partial charge in [0.15, 0.2) is 0 Å². The van der Waals surface area contributed by atoms with Gasteiger partial charge in [0.05, 0.1) is 0 Å². The normalized spacial score (nSPS) is 12.6. The smallest absolute Gasteiger partial charge is 0.326 e. The molecule has 0 saturated heterocycles. The SMILES string of the molecule is C[C@H](C(=O)O)n1ccc2ccccc2c1=O. The lowest BCUT2D eigenvalue weighted by Crippen LogP contribution is -2.27. The summed E-state index contributed by atoms with van der Waals surface area (Å²) in [6.07, 6.45) is 1.52. The number of carboxylic acids is 1. The van der Waals surface area contributed by atoms with Gasteiger partial charge in [0.25, 0.3) is 5.56 Å². The lowest BCUT2D eigenvalue weighted by molar-refractivity contribution is -0.140. The molecule has 4 nitrogen and oxygen atoms in total.